The summed E-state index contributed by atoms with van der Waals surface area (Å²) in [5.41, 5.74) is 1.49. The van der Waals surface area contributed by atoms with E-state index < -0.39 is 11.6 Å². The van der Waals surface area contributed by atoms with Gasteiger partial charge in [-0.2, -0.15) is 0 Å². The molecule has 2 aromatic rings. The van der Waals surface area contributed by atoms with E-state index in [0.29, 0.717) is 11.3 Å². The smallest absolute Gasteiger partial charge is 0.175 e. The molecule has 0 spiro atoms. The van der Waals surface area contributed by atoms with Crippen LogP contribution in [0.25, 0.3) is 0 Å². The van der Waals surface area contributed by atoms with Gasteiger partial charge in [0.25, 0.3) is 0 Å². The lowest BCUT2D eigenvalue weighted by Crippen LogP contribution is -2.33. The van der Waals surface area contributed by atoms with Crippen molar-refractivity contribution in [1.29, 1.82) is 0 Å². The number of halogens is 2. The average Bonchev–Trinajstić information content (AvgIpc) is 2.61. The third kappa shape index (κ3) is 5.30. The quantitative estimate of drug-likeness (QED) is 0.603. The first-order chi connectivity index (χ1) is 12.9. The van der Waals surface area contributed by atoms with Gasteiger partial charge in [0.05, 0.1) is 0 Å². The van der Waals surface area contributed by atoms with Gasteiger partial charge in [-0.1, -0.05) is 12.1 Å². The van der Waals surface area contributed by atoms with Crippen LogP contribution in [0.1, 0.15) is 23.2 Å². The van der Waals surface area contributed by atoms with E-state index in [1.54, 1.807) is 24.3 Å². The van der Waals surface area contributed by atoms with Crippen LogP contribution in [0.15, 0.2) is 42.5 Å². The van der Waals surface area contributed by atoms with Crippen molar-refractivity contribution in [2.24, 2.45) is 5.92 Å². The fourth-order valence-corrected chi connectivity index (χ4v) is 3.41. The number of thiocarbonyl (C=S) groups is 1. The summed E-state index contributed by atoms with van der Waals surface area (Å²) in [5, 5.41) is 5.87. The van der Waals surface area contributed by atoms with Crippen LogP contribution in [-0.4, -0.2) is 35.9 Å². The Balaban J connectivity index is 1.64. The number of carbonyl (C=O) groups excluding carboxylic acids is 1. The SMILES string of the molecule is CN1CCC(C(=O)c2cccc(NC(=S)Nc3cc(F)cc(F)c3)c2)CC1. The summed E-state index contributed by atoms with van der Waals surface area (Å²) in [5.74, 6) is -1.20. The van der Waals surface area contributed by atoms with E-state index >= 15 is 0 Å². The van der Waals surface area contributed by atoms with Gasteiger partial charge in [0.1, 0.15) is 11.6 Å². The monoisotopic (exact) mass is 389 g/mol. The van der Waals surface area contributed by atoms with Crippen LogP contribution in [-0.2, 0) is 0 Å². The van der Waals surface area contributed by atoms with E-state index in [9.17, 15) is 13.6 Å². The Bertz CT molecular complexity index is 831. The van der Waals surface area contributed by atoms with E-state index in [1.807, 2.05) is 0 Å². The summed E-state index contributed by atoms with van der Waals surface area (Å²) in [6.45, 7) is 1.85. The van der Waals surface area contributed by atoms with E-state index in [0.717, 1.165) is 44.1 Å². The second-order valence-electron chi connectivity index (χ2n) is 6.76. The van der Waals surface area contributed by atoms with Crippen molar-refractivity contribution >= 4 is 34.5 Å². The fourth-order valence-electron chi connectivity index (χ4n) is 3.18. The number of nitrogens with zero attached hydrogens (tertiary/aromatic N) is 1. The highest BCUT2D eigenvalue weighted by atomic mass is 32.1. The Kier molecular flexibility index (Phi) is 6.13. The zero-order chi connectivity index (χ0) is 19.4. The van der Waals surface area contributed by atoms with Gasteiger partial charge in [-0.15, -0.1) is 0 Å². The minimum absolute atomic E-state index is 0.0387. The highest BCUT2D eigenvalue weighted by molar-refractivity contribution is 7.80. The molecule has 0 saturated carbocycles. The lowest BCUT2D eigenvalue weighted by Gasteiger charge is -2.28. The molecular formula is C20H21F2N3OS. The lowest BCUT2D eigenvalue weighted by atomic mass is 9.89. The van der Waals surface area contributed by atoms with Crippen molar-refractivity contribution in [3.05, 3.63) is 59.7 Å². The van der Waals surface area contributed by atoms with E-state index in [1.165, 1.54) is 0 Å². The molecule has 7 heteroatoms. The predicted molar refractivity (Wildman–Crippen MR) is 107 cm³/mol. The lowest BCUT2D eigenvalue weighted by molar-refractivity contribution is 0.0857. The number of hydrogen-bond acceptors (Lipinski definition) is 3. The molecule has 1 saturated heterocycles. The molecule has 2 aromatic carbocycles. The Labute approximate surface area is 162 Å². The molecule has 4 nitrogen and oxygen atoms in total. The van der Waals surface area contributed by atoms with Crippen LogP contribution in [0.3, 0.4) is 0 Å². The second-order valence-corrected chi connectivity index (χ2v) is 7.17. The third-order valence-electron chi connectivity index (χ3n) is 4.61. The van der Waals surface area contributed by atoms with Crippen molar-refractivity contribution in [2.75, 3.05) is 30.8 Å². The van der Waals surface area contributed by atoms with E-state index in [2.05, 4.69) is 22.6 Å². The molecule has 1 heterocycles. The Hall–Kier alpha value is -2.38. The number of rotatable bonds is 4. The van der Waals surface area contributed by atoms with Crippen molar-refractivity contribution in [3.8, 4) is 0 Å². The minimum atomic E-state index is -0.689. The molecule has 1 aliphatic heterocycles. The summed E-state index contributed by atoms with van der Waals surface area (Å²) < 4.78 is 26.5. The van der Waals surface area contributed by atoms with Crippen LogP contribution in [0.4, 0.5) is 20.2 Å². The van der Waals surface area contributed by atoms with Gasteiger partial charge >= 0.3 is 0 Å². The highest BCUT2D eigenvalue weighted by Crippen LogP contribution is 2.23. The maximum Gasteiger partial charge on any atom is 0.175 e. The number of likely N-dealkylation sites (tertiary alicyclic amines) is 1. The molecule has 0 aromatic heterocycles. The third-order valence-corrected chi connectivity index (χ3v) is 4.82. The molecular weight excluding hydrogens is 368 g/mol. The van der Waals surface area contributed by atoms with Crippen molar-refractivity contribution in [2.45, 2.75) is 12.8 Å². The highest BCUT2D eigenvalue weighted by Gasteiger charge is 2.24. The number of Topliss-reactive ketones (excluding diaryl/α,β-unsaturated/α-hetero) is 1. The standard InChI is InChI=1S/C20H21F2N3OS/c1-25-7-5-13(6-8-25)19(26)14-3-2-4-17(9-14)23-20(27)24-18-11-15(21)10-16(22)12-18/h2-4,9-13H,5-8H2,1H3,(H2,23,24,27). The summed E-state index contributed by atoms with van der Waals surface area (Å²) >= 11 is 5.19. The molecule has 0 aliphatic carbocycles. The minimum Gasteiger partial charge on any atom is -0.332 e. The van der Waals surface area contributed by atoms with Crippen LogP contribution in [0.2, 0.25) is 0 Å². The molecule has 0 radical (unpaired) electrons. The molecule has 0 atom stereocenters. The summed E-state index contributed by atoms with van der Waals surface area (Å²) in [7, 11) is 2.06. The summed E-state index contributed by atoms with van der Waals surface area (Å²) in [6, 6.07) is 10.2. The van der Waals surface area contributed by atoms with Gasteiger partial charge < -0.3 is 15.5 Å². The molecule has 142 valence electrons. The number of hydrogen-bond donors (Lipinski definition) is 2. The Morgan fingerprint density at radius 1 is 1.04 bits per heavy atom. The topological polar surface area (TPSA) is 44.4 Å². The maximum atomic E-state index is 13.3. The van der Waals surface area contributed by atoms with E-state index in [-0.39, 0.29) is 22.5 Å². The first-order valence-corrected chi connectivity index (χ1v) is 9.18. The van der Waals surface area contributed by atoms with Crippen molar-refractivity contribution in [3.63, 3.8) is 0 Å². The second kappa shape index (κ2) is 8.54. The fraction of sp³-hybridized carbons (Fsp3) is 0.300. The molecule has 1 aliphatic rings. The number of piperidine rings is 1. The molecule has 1 fully saturated rings. The number of anilines is 2. The van der Waals surface area contributed by atoms with Crippen LogP contribution < -0.4 is 10.6 Å². The number of ketones is 1. The Morgan fingerprint density at radius 3 is 2.33 bits per heavy atom. The zero-order valence-electron chi connectivity index (χ0n) is 15.0. The van der Waals surface area contributed by atoms with Gasteiger partial charge in [-0.05, 0) is 69.5 Å². The maximum absolute atomic E-state index is 13.3. The van der Waals surface area contributed by atoms with Crippen LogP contribution in [0.5, 0.6) is 0 Å². The molecule has 3 rings (SSSR count). The molecule has 0 amide bonds. The first kappa shape index (κ1) is 19.4. The van der Waals surface area contributed by atoms with Crippen molar-refractivity contribution in [1.82, 2.24) is 4.90 Å². The summed E-state index contributed by atoms with van der Waals surface area (Å²) in [4.78, 5) is 15.0. The number of benzene rings is 2. The van der Waals surface area contributed by atoms with E-state index in [4.69, 9.17) is 12.2 Å². The predicted octanol–water partition coefficient (Wildman–Crippen LogP) is 4.30. The number of carbonyl (C=O) groups is 1. The van der Waals surface area contributed by atoms with Gasteiger partial charge in [0.2, 0.25) is 0 Å². The normalized spacial score (nSPS) is 15.4. The molecule has 0 bridgehead atoms. The van der Waals surface area contributed by atoms with Crippen LogP contribution >= 0.6 is 12.2 Å². The zero-order valence-corrected chi connectivity index (χ0v) is 15.8. The number of nitrogens with one attached hydrogen (secondary N) is 2. The first-order valence-electron chi connectivity index (χ1n) is 8.77. The van der Waals surface area contributed by atoms with Gasteiger partial charge in [0.15, 0.2) is 10.9 Å². The largest absolute Gasteiger partial charge is 0.332 e. The van der Waals surface area contributed by atoms with Gasteiger partial charge in [-0.3, -0.25) is 4.79 Å². The Morgan fingerprint density at radius 2 is 1.67 bits per heavy atom. The van der Waals surface area contributed by atoms with Gasteiger partial charge in [-0.25, -0.2) is 8.78 Å². The average molecular weight is 389 g/mol. The summed E-state index contributed by atoms with van der Waals surface area (Å²) in [6.07, 6.45) is 1.72. The molecule has 27 heavy (non-hydrogen) atoms. The van der Waals surface area contributed by atoms with Crippen molar-refractivity contribution < 1.29 is 13.6 Å². The van der Waals surface area contributed by atoms with Gasteiger partial charge in [0, 0.05) is 28.9 Å². The van der Waals surface area contributed by atoms with Crippen LogP contribution in [0, 0.1) is 17.6 Å². The molecule has 2 N–H and O–H groups in total. The molecule has 0 unspecified atom stereocenters.